The molecular formula is C19H27N3O2. The van der Waals surface area contributed by atoms with Gasteiger partial charge in [-0.05, 0) is 45.2 Å². The number of nitrogens with one attached hydrogen (secondary N) is 1. The van der Waals surface area contributed by atoms with Crippen LogP contribution in [-0.2, 0) is 4.74 Å². The van der Waals surface area contributed by atoms with Crippen LogP contribution in [-0.4, -0.2) is 23.3 Å². The van der Waals surface area contributed by atoms with Crippen molar-refractivity contribution in [3.8, 4) is 0 Å². The third-order valence-electron chi connectivity index (χ3n) is 4.20. The number of anilines is 2. The van der Waals surface area contributed by atoms with Crippen molar-refractivity contribution in [2.75, 3.05) is 19.0 Å². The van der Waals surface area contributed by atoms with Crippen molar-refractivity contribution in [3.63, 3.8) is 0 Å². The molecule has 0 bridgehead atoms. The lowest BCUT2D eigenvalue weighted by Gasteiger charge is -2.20. The second kappa shape index (κ2) is 7.62. The summed E-state index contributed by atoms with van der Waals surface area (Å²) in [5.74, 6) is 0.361. The molecule has 1 aromatic heterocycles. The van der Waals surface area contributed by atoms with Gasteiger partial charge in [-0.1, -0.05) is 24.6 Å². The Morgan fingerprint density at radius 2 is 1.83 bits per heavy atom. The minimum Gasteiger partial charge on any atom is -0.383 e. The van der Waals surface area contributed by atoms with Crippen molar-refractivity contribution in [2.24, 2.45) is 0 Å². The summed E-state index contributed by atoms with van der Waals surface area (Å²) in [5, 5.41) is 3.25. The molecule has 1 heterocycles. The Balaban J connectivity index is 2.49. The van der Waals surface area contributed by atoms with E-state index in [4.69, 9.17) is 4.74 Å². The summed E-state index contributed by atoms with van der Waals surface area (Å²) in [7, 11) is 1.65. The predicted octanol–water partition coefficient (Wildman–Crippen LogP) is 3.82. The maximum absolute atomic E-state index is 12.9. The molecule has 0 amide bonds. The van der Waals surface area contributed by atoms with E-state index in [1.54, 1.807) is 17.9 Å². The van der Waals surface area contributed by atoms with Gasteiger partial charge in [-0.15, -0.1) is 0 Å². The number of methoxy groups -OCH3 is 1. The van der Waals surface area contributed by atoms with E-state index in [0.29, 0.717) is 12.4 Å². The first kappa shape index (κ1) is 18.2. The van der Waals surface area contributed by atoms with Gasteiger partial charge < -0.3 is 14.6 Å². The molecule has 1 aromatic carbocycles. The number of benzene rings is 1. The van der Waals surface area contributed by atoms with Gasteiger partial charge in [0.15, 0.2) is 5.82 Å². The summed E-state index contributed by atoms with van der Waals surface area (Å²) in [4.78, 5) is 17.3. The highest BCUT2D eigenvalue weighted by Gasteiger charge is 2.16. The second-order valence-electron chi connectivity index (χ2n) is 6.36. The average molecular weight is 329 g/mol. The molecule has 130 valence electrons. The molecule has 0 fully saturated rings. The maximum Gasteiger partial charge on any atom is 0.294 e. The molecule has 0 saturated carbocycles. The van der Waals surface area contributed by atoms with E-state index in [0.717, 1.165) is 28.9 Å². The first-order valence-corrected chi connectivity index (χ1v) is 8.31. The minimum atomic E-state index is -0.121. The molecule has 0 radical (unpaired) electrons. The summed E-state index contributed by atoms with van der Waals surface area (Å²) in [5.41, 5.74) is 5.03. The molecule has 5 nitrogen and oxygen atoms in total. The van der Waals surface area contributed by atoms with E-state index in [2.05, 4.69) is 29.4 Å². The van der Waals surface area contributed by atoms with Gasteiger partial charge in [0.25, 0.3) is 5.56 Å². The van der Waals surface area contributed by atoms with Gasteiger partial charge in [0.2, 0.25) is 0 Å². The van der Waals surface area contributed by atoms with E-state index in [9.17, 15) is 4.79 Å². The zero-order valence-corrected chi connectivity index (χ0v) is 15.4. The van der Waals surface area contributed by atoms with Crippen LogP contribution in [0.15, 0.2) is 23.1 Å². The van der Waals surface area contributed by atoms with Gasteiger partial charge in [-0.25, -0.2) is 4.98 Å². The van der Waals surface area contributed by atoms with Gasteiger partial charge in [-0.2, -0.15) is 0 Å². The molecule has 0 aliphatic carbocycles. The van der Waals surface area contributed by atoms with Gasteiger partial charge in [0, 0.05) is 19.0 Å². The van der Waals surface area contributed by atoms with Crippen LogP contribution < -0.4 is 10.9 Å². The molecule has 1 unspecified atom stereocenters. The lowest BCUT2D eigenvalue weighted by atomic mass is 10.1. The summed E-state index contributed by atoms with van der Waals surface area (Å²) < 4.78 is 6.98. The average Bonchev–Trinajstić information content (AvgIpc) is 2.51. The fourth-order valence-electron chi connectivity index (χ4n) is 3.07. The second-order valence-corrected chi connectivity index (χ2v) is 6.36. The number of aromatic nitrogens is 2. The minimum absolute atomic E-state index is 0.00459. The molecule has 2 rings (SSSR count). The molecule has 0 spiro atoms. The Kier molecular flexibility index (Phi) is 5.78. The highest BCUT2D eigenvalue weighted by molar-refractivity contribution is 5.64. The van der Waals surface area contributed by atoms with Crippen LogP contribution in [0.5, 0.6) is 0 Å². The summed E-state index contributed by atoms with van der Waals surface area (Å²) in [6, 6.07) is 4.21. The van der Waals surface area contributed by atoms with E-state index >= 15 is 0 Å². The van der Waals surface area contributed by atoms with E-state index in [1.807, 2.05) is 27.7 Å². The molecule has 0 aliphatic rings. The van der Waals surface area contributed by atoms with Crippen molar-refractivity contribution in [3.05, 3.63) is 51.1 Å². The normalized spacial score (nSPS) is 12.2. The van der Waals surface area contributed by atoms with Crippen LogP contribution in [0.2, 0.25) is 0 Å². The molecule has 1 atom stereocenters. The van der Waals surface area contributed by atoms with E-state index in [1.165, 1.54) is 5.56 Å². The third kappa shape index (κ3) is 3.85. The SMILES string of the molecule is CCC(COC)n1cc(C)nc(Nc2c(C)cc(C)cc2C)c1=O. The number of aryl methyl sites for hydroxylation is 4. The zero-order valence-electron chi connectivity index (χ0n) is 15.4. The van der Waals surface area contributed by atoms with Gasteiger partial charge in [0.1, 0.15) is 0 Å². The highest BCUT2D eigenvalue weighted by Crippen LogP contribution is 2.24. The topological polar surface area (TPSA) is 56.1 Å². The lowest BCUT2D eigenvalue weighted by Crippen LogP contribution is -2.30. The van der Waals surface area contributed by atoms with Crippen LogP contribution in [0.1, 0.15) is 41.8 Å². The first-order valence-electron chi connectivity index (χ1n) is 8.31. The van der Waals surface area contributed by atoms with E-state index < -0.39 is 0 Å². The van der Waals surface area contributed by atoms with Gasteiger partial charge in [-0.3, -0.25) is 4.79 Å². The van der Waals surface area contributed by atoms with Gasteiger partial charge >= 0.3 is 0 Å². The standard InChI is InChI=1S/C19H27N3O2/c1-7-16(11-24-6)22-10-15(5)20-18(19(22)23)21-17-13(3)8-12(2)9-14(17)4/h8-10,16H,7,11H2,1-6H3,(H,20,21). The fraction of sp³-hybridized carbons (Fsp3) is 0.474. The van der Waals surface area contributed by atoms with Crippen molar-refractivity contribution in [1.29, 1.82) is 0 Å². The number of ether oxygens (including phenoxy) is 1. The van der Waals surface area contributed by atoms with Gasteiger partial charge in [0.05, 0.1) is 18.3 Å². The van der Waals surface area contributed by atoms with Crippen molar-refractivity contribution >= 4 is 11.5 Å². The van der Waals surface area contributed by atoms with Crippen molar-refractivity contribution in [2.45, 2.75) is 47.1 Å². The Morgan fingerprint density at radius 1 is 1.21 bits per heavy atom. The van der Waals surface area contributed by atoms with Crippen molar-refractivity contribution in [1.82, 2.24) is 9.55 Å². The van der Waals surface area contributed by atoms with Crippen LogP contribution in [0, 0.1) is 27.7 Å². The molecule has 0 aliphatic heterocycles. The van der Waals surface area contributed by atoms with Crippen LogP contribution >= 0.6 is 0 Å². The summed E-state index contributed by atoms with van der Waals surface area (Å²) in [6.07, 6.45) is 2.62. The van der Waals surface area contributed by atoms with Crippen molar-refractivity contribution < 1.29 is 4.74 Å². The molecule has 24 heavy (non-hydrogen) atoms. The summed E-state index contributed by atoms with van der Waals surface area (Å²) >= 11 is 0. The lowest BCUT2D eigenvalue weighted by molar-refractivity contribution is 0.151. The van der Waals surface area contributed by atoms with Crippen LogP contribution in [0.25, 0.3) is 0 Å². The Hall–Kier alpha value is -2.14. The van der Waals surface area contributed by atoms with E-state index in [-0.39, 0.29) is 11.6 Å². The quantitative estimate of drug-likeness (QED) is 0.875. The predicted molar refractivity (Wildman–Crippen MR) is 98.4 cm³/mol. The molecule has 5 heteroatoms. The first-order chi connectivity index (χ1) is 11.4. The number of rotatable bonds is 6. The fourth-order valence-corrected chi connectivity index (χ4v) is 3.07. The number of nitrogens with zero attached hydrogens (tertiary/aromatic N) is 2. The monoisotopic (exact) mass is 329 g/mol. The maximum atomic E-state index is 12.9. The number of hydrogen-bond acceptors (Lipinski definition) is 4. The smallest absolute Gasteiger partial charge is 0.294 e. The van der Waals surface area contributed by atoms with Crippen LogP contribution in [0.4, 0.5) is 11.5 Å². The number of hydrogen-bond donors (Lipinski definition) is 1. The molecule has 2 aromatic rings. The Labute approximate surface area is 143 Å². The largest absolute Gasteiger partial charge is 0.383 e. The zero-order chi connectivity index (χ0) is 17.9. The third-order valence-corrected chi connectivity index (χ3v) is 4.20. The highest BCUT2D eigenvalue weighted by atomic mass is 16.5. The Bertz CT molecular complexity index is 758. The molecular weight excluding hydrogens is 302 g/mol. The molecule has 1 N–H and O–H groups in total. The van der Waals surface area contributed by atoms with Crippen LogP contribution in [0.3, 0.4) is 0 Å². The Morgan fingerprint density at radius 3 is 2.38 bits per heavy atom. The molecule has 0 saturated heterocycles. The summed E-state index contributed by atoms with van der Waals surface area (Å²) in [6.45, 7) is 10.6.